The van der Waals surface area contributed by atoms with Gasteiger partial charge in [-0.3, -0.25) is 9.69 Å². The highest BCUT2D eigenvalue weighted by Crippen LogP contribution is 2.25. The van der Waals surface area contributed by atoms with E-state index in [1.165, 1.54) is 0 Å². The van der Waals surface area contributed by atoms with Crippen LogP contribution in [-0.2, 0) is 11.2 Å². The van der Waals surface area contributed by atoms with Crippen LogP contribution in [0.4, 0.5) is 0 Å². The van der Waals surface area contributed by atoms with E-state index in [-0.39, 0.29) is 11.5 Å². The molecule has 0 aliphatic carbocycles. The number of aromatic hydroxyl groups is 1. The van der Waals surface area contributed by atoms with E-state index in [1.807, 2.05) is 38.9 Å². The van der Waals surface area contributed by atoms with Crippen LogP contribution in [0.2, 0.25) is 0 Å². The minimum absolute atomic E-state index is 0.211. The van der Waals surface area contributed by atoms with Crippen LogP contribution in [0.1, 0.15) is 32.3 Å². The van der Waals surface area contributed by atoms with E-state index >= 15 is 0 Å². The Bertz CT molecular complexity index is 409. The molecule has 1 N–H and O–H groups in total. The highest BCUT2D eigenvalue weighted by molar-refractivity contribution is 5.90. The number of benzene rings is 1. The summed E-state index contributed by atoms with van der Waals surface area (Å²) in [4.78, 5) is 14.5. The molecule has 0 aliphatic heterocycles. The van der Waals surface area contributed by atoms with Gasteiger partial charge in [-0.15, -0.1) is 0 Å². The van der Waals surface area contributed by atoms with Gasteiger partial charge in [0.15, 0.2) is 5.78 Å². The van der Waals surface area contributed by atoms with Crippen LogP contribution >= 0.6 is 0 Å². The maximum atomic E-state index is 12.5. The Balaban J connectivity index is 2.92. The smallest absolute Gasteiger partial charge is 0.157 e. The zero-order valence-corrected chi connectivity index (χ0v) is 11.7. The third-order valence-electron chi connectivity index (χ3n) is 3.82. The Labute approximate surface area is 109 Å². The molecule has 3 nitrogen and oxygen atoms in total. The fourth-order valence-corrected chi connectivity index (χ4v) is 2.54. The molecule has 3 heteroatoms. The van der Waals surface area contributed by atoms with Gasteiger partial charge in [-0.2, -0.15) is 0 Å². The Kier molecular flexibility index (Phi) is 4.91. The van der Waals surface area contributed by atoms with Crippen molar-refractivity contribution in [2.75, 3.05) is 14.1 Å². The Hall–Kier alpha value is -1.35. The normalized spacial score (nSPS) is 11.8. The minimum atomic E-state index is -0.397. The average molecular weight is 249 g/mol. The molecule has 0 radical (unpaired) electrons. The second kappa shape index (κ2) is 6.01. The summed E-state index contributed by atoms with van der Waals surface area (Å²) in [5.74, 6) is 0.423. The number of phenols is 1. The number of likely N-dealkylation sites (N-methyl/N-ethyl adjacent to an activating group) is 1. The fraction of sp³-hybridized carbons (Fsp3) is 0.533. The van der Waals surface area contributed by atoms with Gasteiger partial charge >= 0.3 is 0 Å². The van der Waals surface area contributed by atoms with Crippen molar-refractivity contribution in [2.45, 2.75) is 38.6 Å². The van der Waals surface area contributed by atoms with Crippen LogP contribution in [0.15, 0.2) is 24.3 Å². The molecule has 1 aromatic rings. The first-order valence-electron chi connectivity index (χ1n) is 6.45. The first kappa shape index (κ1) is 14.7. The lowest BCUT2D eigenvalue weighted by Crippen LogP contribution is -2.50. The third-order valence-corrected chi connectivity index (χ3v) is 3.82. The third kappa shape index (κ3) is 2.91. The minimum Gasteiger partial charge on any atom is -0.508 e. The molecule has 0 bridgehead atoms. The Morgan fingerprint density at radius 2 is 1.89 bits per heavy atom. The number of carbonyl (C=O) groups is 1. The van der Waals surface area contributed by atoms with Crippen molar-refractivity contribution >= 4 is 5.78 Å². The maximum absolute atomic E-state index is 12.5. The summed E-state index contributed by atoms with van der Waals surface area (Å²) in [6.45, 7) is 4.09. The highest BCUT2D eigenvalue weighted by Gasteiger charge is 2.36. The Morgan fingerprint density at radius 3 is 2.33 bits per heavy atom. The molecule has 0 aromatic heterocycles. The topological polar surface area (TPSA) is 40.5 Å². The number of ketones is 1. The molecule has 0 amide bonds. The van der Waals surface area contributed by atoms with Crippen molar-refractivity contribution in [3.05, 3.63) is 29.8 Å². The number of rotatable bonds is 6. The molecule has 18 heavy (non-hydrogen) atoms. The first-order valence-corrected chi connectivity index (χ1v) is 6.45. The van der Waals surface area contributed by atoms with Gasteiger partial charge in [-0.05, 0) is 44.6 Å². The predicted molar refractivity (Wildman–Crippen MR) is 73.8 cm³/mol. The number of Topliss-reactive ketones (excluding diaryl/α,β-unsaturated/α-hetero) is 1. The highest BCUT2D eigenvalue weighted by atomic mass is 16.3. The van der Waals surface area contributed by atoms with E-state index in [0.717, 1.165) is 18.4 Å². The quantitative estimate of drug-likeness (QED) is 0.842. The molecular formula is C15H23NO2. The van der Waals surface area contributed by atoms with Gasteiger partial charge in [0, 0.05) is 6.42 Å². The lowest BCUT2D eigenvalue weighted by atomic mass is 9.83. The molecule has 0 spiro atoms. The van der Waals surface area contributed by atoms with E-state index in [2.05, 4.69) is 0 Å². The number of phenolic OH excluding ortho intramolecular Hbond substituents is 1. The molecule has 0 atom stereocenters. The van der Waals surface area contributed by atoms with Gasteiger partial charge in [0.25, 0.3) is 0 Å². The van der Waals surface area contributed by atoms with Crippen molar-refractivity contribution in [2.24, 2.45) is 0 Å². The fourth-order valence-electron chi connectivity index (χ4n) is 2.54. The molecule has 0 aliphatic rings. The van der Waals surface area contributed by atoms with Crippen LogP contribution in [0.3, 0.4) is 0 Å². The van der Waals surface area contributed by atoms with Gasteiger partial charge in [0.1, 0.15) is 5.75 Å². The van der Waals surface area contributed by atoms with Crippen LogP contribution in [0, 0.1) is 0 Å². The van der Waals surface area contributed by atoms with Crippen LogP contribution in [0.25, 0.3) is 0 Å². The van der Waals surface area contributed by atoms with E-state index in [1.54, 1.807) is 18.2 Å². The standard InChI is InChI=1S/C15H23NO2/c1-5-15(6-2,16(3)4)14(18)11-12-8-7-9-13(17)10-12/h7-10,17H,5-6,11H2,1-4H3. The van der Waals surface area contributed by atoms with Gasteiger partial charge in [0.2, 0.25) is 0 Å². The molecule has 0 unspecified atom stereocenters. The van der Waals surface area contributed by atoms with Gasteiger partial charge in [-0.1, -0.05) is 26.0 Å². The summed E-state index contributed by atoms with van der Waals surface area (Å²) in [7, 11) is 3.90. The van der Waals surface area contributed by atoms with Crippen LogP contribution in [0.5, 0.6) is 5.75 Å². The summed E-state index contributed by atoms with van der Waals surface area (Å²) >= 11 is 0. The van der Waals surface area contributed by atoms with Crippen molar-refractivity contribution in [3.63, 3.8) is 0 Å². The van der Waals surface area contributed by atoms with Crippen LogP contribution < -0.4 is 0 Å². The zero-order valence-electron chi connectivity index (χ0n) is 11.7. The largest absolute Gasteiger partial charge is 0.508 e. The van der Waals surface area contributed by atoms with E-state index < -0.39 is 5.54 Å². The van der Waals surface area contributed by atoms with Crippen molar-refractivity contribution in [1.29, 1.82) is 0 Å². The summed E-state index contributed by atoms with van der Waals surface area (Å²) < 4.78 is 0. The monoisotopic (exact) mass is 249 g/mol. The number of carbonyl (C=O) groups excluding carboxylic acids is 1. The molecule has 1 aromatic carbocycles. The Morgan fingerprint density at radius 1 is 1.28 bits per heavy atom. The molecule has 100 valence electrons. The van der Waals surface area contributed by atoms with Gasteiger partial charge in [0.05, 0.1) is 5.54 Å². The molecule has 0 saturated carbocycles. The molecule has 1 rings (SSSR count). The van der Waals surface area contributed by atoms with Gasteiger partial charge in [-0.25, -0.2) is 0 Å². The maximum Gasteiger partial charge on any atom is 0.157 e. The van der Waals surface area contributed by atoms with E-state index in [4.69, 9.17) is 0 Å². The van der Waals surface area contributed by atoms with Crippen molar-refractivity contribution in [3.8, 4) is 5.75 Å². The SMILES string of the molecule is CCC(CC)(C(=O)Cc1cccc(O)c1)N(C)C. The first-order chi connectivity index (χ1) is 8.46. The second-order valence-electron chi connectivity index (χ2n) is 4.90. The van der Waals surface area contributed by atoms with Gasteiger partial charge < -0.3 is 5.11 Å². The van der Waals surface area contributed by atoms with Crippen molar-refractivity contribution < 1.29 is 9.90 Å². The number of nitrogens with zero attached hydrogens (tertiary/aromatic N) is 1. The average Bonchev–Trinajstić information content (AvgIpc) is 2.30. The van der Waals surface area contributed by atoms with E-state index in [0.29, 0.717) is 6.42 Å². The summed E-state index contributed by atoms with van der Waals surface area (Å²) in [5.41, 5.74) is 0.471. The molecule has 0 heterocycles. The number of hydrogen-bond acceptors (Lipinski definition) is 3. The predicted octanol–water partition coefficient (Wildman–Crippen LogP) is 2.62. The molecule has 0 saturated heterocycles. The van der Waals surface area contributed by atoms with Crippen molar-refractivity contribution in [1.82, 2.24) is 4.90 Å². The van der Waals surface area contributed by atoms with Crippen LogP contribution in [-0.4, -0.2) is 35.4 Å². The summed E-state index contributed by atoms with van der Waals surface area (Å²) in [6.07, 6.45) is 1.97. The lowest BCUT2D eigenvalue weighted by Gasteiger charge is -2.37. The summed E-state index contributed by atoms with van der Waals surface area (Å²) in [6, 6.07) is 6.92. The zero-order chi connectivity index (χ0) is 13.8. The summed E-state index contributed by atoms with van der Waals surface area (Å²) in [5, 5.41) is 9.43. The lowest BCUT2D eigenvalue weighted by molar-refractivity contribution is -0.129. The molecular weight excluding hydrogens is 226 g/mol. The number of hydrogen-bond donors (Lipinski definition) is 1. The molecule has 0 fully saturated rings. The van der Waals surface area contributed by atoms with E-state index in [9.17, 15) is 9.90 Å². The second-order valence-corrected chi connectivity index (χ2v) is 4.90.